The van der Waals surface area contributed by atoms with Crippen molar-refractivity contribution < 1.29 is 4.79 Å². The lowest BCUT2D eigenvalue weighted by Gasteiger charge is -2.27. The van der Waals surface area contributed by atoms with Crippen molar-refractivity contribution in [1.29, 1.82) is 0 Å². The maximum atomic E-state index is 11.6. The van der Waals surface area contributed by atoms with Crippen molar-refractivity contribution in [3.8, 4) is 0 Å². The van der Waals surface area contributed by atoms with E-state index < -0.39 is 0 Å². The van der Waals surface area contributed by atoms with Gasteiger partial charge in [0.05, 0.1) is 0 Å². The first kappa shape index (κ1) is 13.8. The first-order valence-electron chi connectivity index (χ1n) is 6.19. The number of nitrogens with one attached hydrogen (secondary N) is 1. The zero-order chi connectivity index (χ0) is 12.0. The molecule has 1 atom stereocenters. The largest absolute Gasteiger partial charge is 0.355 e. The van der Waals surface area contributed by atoms with Gasteiger partial charge in [0.25, 0.3) is 0 Å². The molecule has 0 bridgehead atoms. The van der Waals surface area contributed by atoms with Crippen molar-refractivity contribution in [3.05, 3.63) is 0 Å². The highest BCUT2D eigenvalue weighted by Crippen LogP contribution is 2.39. The summed E-state index contributed by atoms with van der Waals surface area (Å²) >= 11 is 1.90. The van der Waals surface area contributed by atoms with Gasteiger partial charge in [0, 0.05) is 23.8 Å². The molecule has 1 rings (SSSR count). The van der Waals surface area contributed by atoms with E-state index in [0.29, 0.717) is 11.2 Å². The highest BCUT2D eigenvalue weighted by Gasteiger charge is 2.33. The topological polar surface area (TPSA) is 55.1 Å². The zero-order valence-electron chi connectivity index (χ0n) is 10.4. The third-order valence-electron chi connectivity index (χ3n) is 3.53. The van der Waals surface area contributed by atoms with Gasteiger partial charge in [-0.15, -0.1) is 0 Å². The Labute approximate surface area is 103 Å². The van der Waals surface area contributed by atoms with Gasteiger partial charge in [-0.25, -0.2) is 0 Å². The van der Waals surface area contributed by atoms with Crippen LogP contribution in [0.3, 0.4) is 0 Å². The molecule has 3 N–H and O–H groups in total. The number of thioether (sulfide) groups is 1. The summed E-state index contributed by atoms with van der Waals surface area (Å²) in [6, 6.07) is 0.00816. The van der Waals surface area contributed by atoms with Crippen LogP contribution in [0.5, 0.6) is 0 Å². The second kappa shape index (κ2) is 6.50. The van der Waals surface area contributed by atoms with Crippen molar-refractivity contribution in [3.63, 3.8) is 0 Å². The van der Waals surface area contributed by atoms with Crippen LogP contribution in [0.4, 0.5) is 0 Å². The molecule has 16 heavy (non-hydrogen) atoms. The van der Waals surface area contributed by atoms with Gasteiger partial charge in [-0.1, -0.05) is 19.8 Å². The minimum Gasteiger partial charge on any atom is -0.355 e. The fourth-order valence-electron chi connectivity index (χ4n) is 2.19. The van der Waals surface area contributed by atoms with Gasteiger partial charge >= 0.3 is 0 Å². The molecule has 1 saturated carbocycles. The van der Waals surface area contributed by atoms with Crippen LogP contribution in [-0.2, 0) is 4.79 Å². The molecule has 0 heterocycles. The van der Waals surface area contributed by atoms with E-state index in [-0.39, 0.29) is 11.9 Å². The SMILES string of the molecule is CCC(N)CC(=O)NCC1(SC)CCCC1. The Morgan fingerprint density at radius 1 is 1.50 bits per heavy atom. The molecule has 0 spiro atoms. The second-order valence-electron chi connectivity index (χ2n) is 4.74. The van der Waals surface area contributed by atoms with Crippen LogP contribution >= 0.6 is 11.8 Å². The average Bonchev–Trinajstić information content (AvgIpc) is 2.75. The summed E-state index contributed by atoms with van der Waals surface area (Å²) in [4.78, 5) is 11.6. The van der Waals surface area contributed by atoms with Crippen LogP contribution in [0.25, 0.3) is 0 Å². The lowest BCUT2D eigenvalue weighted by molar-refractivity contribution is -0.121. The molecule has 1 aliphatic rings. The van der Waals surface area contributed by atoms with E-state index in [1.807, 2.05) is 18.7 Å². The highest BCUT2D eigenvalue weighted by molar-refractivity contribution is 8.00. The lowest BCUT2D eigenvalue weighted by atomic mass is 10.1. The number of nitrogens with two attached hydrogens (primary N) is 1. The van der Waals surface area contributed by atoms with E-state index in [4.69, 9.17) is 5.73 Å². The predicted octanol–water partition coefficient (Wildman–Crippen LogP) is 1.91. The monoisotopic (exact) mass is 244 g/mol. The molecule has 3 nitrogen and oxygen atoms in total. The Hall–Kier alpha value is -0.220. The molecule has 0 aliphatic heterocycles. The molecule has 0 aromatic carbocycles. The molecule has 0 radical (unpaired) electrons. The van der Waals surface area contributed by atoms with Gasteiger partial charge in [0.2, 0.25) is 5.91 Å². The second-order valence-corrected chi connectivity index (χ2v) is 6.02. The third kappa shape index (κ3) is 3.98. The predicted molar refractivity (Wildman–Crippen MR) is 70.6 cm³/mol. The molecule has 94 valence electrons. The first-order chi connectivity index (χ1) is 7.62. The number of hydrogen-bond donors (Lipinski definition) is 2. The molecule has 0 aromatic heterocycles. The number of hydrogen-bond acceptors (Lipinski definition) is 3. The Balaban J connectivity index is 2.29. The third-order valence-corrected chi connectivity index (χ3v) is 4.95. The molecule has 0 saturated heterocycles. The van der Waals surface area contributed by atoms with E-state index in [9.17, 15) is 4.79 Å². The Bertz CT molecular complexity index is 227. The number of rotatable bonds is 6. The zero-order valence-corrected chi connectivity index (χ0v) is 11.2. The quantitative estimate of drug-likeness (QED) is 0.750. The van der Waals surface area contributed by atoms with E-state index >= 15 is 0 Å². The van der Waals surface area contributed by atoms with Gasteiger partial charge in [-0.3, -0.25) is 4.79 Å². The van der Waals surface area contributed by atoms with E-state index in [1.54, 1.807) is 0 Å². The molecular weight excluding hydrogens is 220 g/mol. The van der Waals surface area contributed by atoms with Crippen LogP contribution in [0.1, 0.15) is 45.4 Å². The van der Waals surface area contributed by atoms with Crippen LogP contribution < -0.4 is 11.1 Å². The maximum Gasteiger partial charge on any atom is 0.221 e. The van der Waals surface area contributed by atoms with E-state index in [0.717, 1.165) is 13.0 Å². The van der Waals surface area contributed by atoms with Crippen molar-refractivity contribution in [2.24, 2.45) is 5.73 Å². The van der Waals surface area contributed by atoms with Crippen molar-refractivity contribution in [2.45, 2.75) is 56.2 Å². The number of carbonyl (C=O) groups excluding carboxylic acids is 1. The Morgan fingerprint density at radius 2 is 2.12 bits per heavy atom. The molecule has 1 amide bonds. The summed E-state index contributed by atoms with van der Waals surface area (Å²) in [5, 5.41) is 3.04. The summed E-state index contributed by atoms with van der Waals surface area (Å²) in [6.45, 7) is 2.82. The van der Waals surface area contributed by atoms with Crippen LogP contribution in [0.2, 0.25) is 0 Å². The first-order valence-corrected chi connectivity index (χ1v) is 7.42. The lowest BCUT2D eigenvalue weighted by Crippen LogP contribution is -2.40. The summed E-state index contributed by atoms with van der Waals surface area (Å²) in [5.41, 5.74) is 5.76. The maximum absolute atomic E-state index is 11.6. The van der Waals surface area contributed by atoms with Crippen LogP contribution in [-0.4, -0.2) is 29.5 Å². The molecule has 4 heteroatoms. The smallest absolute Gasteiger partial charge is 0.221 e. The van der Waals surface area contributed by atoms with E-state index in [2.05, 4.69) is 11.6 Å². The molecule has 1 unspecified atom stereocenters. The molecule has 1 fully saturated rings. The molecular formula is C12H24N2OS. The number of amides is 1. The van der Waals surface area contributed by atoms with Crippen molar-refractivity contribution >= 4 is 17.7 Å². The Kier molecular flexibility index (Phi) is 5.62. The molecule has 0 aromatic rings. The number of carbonyl (C=O) groups is 1. The summed E-state index contributed by atoms with van der Waals surface area (Å²) in [7, 11) is 0. The van der Waals surface area contributed by atoms with Crippen molar-refractivity contribution in [1.82, 2.24) is 5.32 Å². The summed E-state index contributed by atoms with van der Waals surface area (Å²) in [5.74, 6) is 0.106. The normalized spacial score (nSPS) is 20.7. The van der Waals surface area contributed by atoms with Crippen LogP contribution in [0, 0.1) is 0 Å². The van der Waals surface area contributed by atoms with Crippen LogP contribution in [0.15, 0.2) is 0 Å². The van der Waals surface area contributed by atoms with Gasteiger partial charge in [0.15, 0.2) is 0 Å². The fraction of sp³-hybridized carbons (Fsp3) is 0.917. The van der Waals surface area contributed by atoms with Gasteiger partial charge < -0.3 is 11.1 Å². The highest BCUT2D eigenvalue weighted by atomic mass is 32.2. The molecule has 1 aliphatic carbocycles. The van der Waals surface area contributed by atoms with Gasteiger partial charge in [-0.05, 0) is 25.5 Å². The standard InChI is InChI=1S/C12H24N2OS/c1-3-10(13)8-11(15)14-9-12(16-2)6-4-5-7-12/h10H,3-9,13H2,1-2H3,(H,14,15). The summed E-state index contributed by atoms with van der Waals surface area (Å²) < 4.78 is 0.298. The van der Waals surface area contributed by atoms with Crippen molar-refractivity contribution in [2.75, 3.05) is 12.8 Å². The minimum absolute atomic E-state index is 0.00816. The fourth-order valence-corrected chi connectivity index (χ4v) is 3.10. The van der Waals surface area contributed by atoms with E-state index in [1.165, 1.54) is 25.7 Å². The minimum atomic E-state index is 0.00816. The van der Waals surface area contributed by atoms with Gasteiger partial charge in [-0.2, -0.15) is 11.8 Å². The Morgan fingerprint density at radius 3 is 2.62 bits per heavy atom. The average molecular weight is 244 g/mol. The summed E-state index contributed by atoms with van der Waals surface area (Å²) in [6.07, 6.45) is 8.52. The van der Waals surface area contributed by atoms with Gasteiger partial charge in [0.1, 0.15) is 0 Å².